The lowest BCUT2D eigenvalue weighted by atomic mass is 10.0. The number of hydrogen-bond acceptors (Lipinski definition) is 3. The smallest absolute Gasteiger partial charge is 0.225 e. The Hall–Kier alpha value is -2.33. The van der Waals surface area contributed by atoms with Crippen molar-refractivity contribution in [3.63, 3.8) is 0 Å². The summed E-state index contributed by atoms with van der Waals surface area (Å²) in [7, 11) is 3.36. The van der Waals surface area contributed by atoms with Gasteiger partial charge in [0.2, 0.25) is 5.91 Å². The third-order valence-electron chi connectivity index (χ3n) is 4.12. The van der Waals surface area contributed by atoms with Gasteiger partial charge in [-0.05, 0) is 18.6 Å². The SMILES string of the molecule is COc1ccccc1C(C)N(C)C(=O)CC(O)c1ccccc1. The fraction of sp³-hybridized carbons (Fsp3) is 0.316. The number of carbonyl (C=O) groups is 1. The molecule has 0 saturated heterocycles. The molecule has 2 unspecified atom stereocenters. The summed E-state index contributed by atoms with van der Waals surface area (Å²) in [5.74, 6) is 0.642. The van der Waals surface area contributed by atoms with E-state index in [0.29, 0.717) is 0 Å². The molecule has 2 aromatic carbocycles. The lowest BCUT2D eigenvalue weighted by molar-refractivity contribution is -0.134. The van der Waals surface area contributed by atoms with Gasteiger partial charge in [0.15, 0.2) is 0 Å². The molecular formula is C19H23NO3. The van der Waals surface area contributed by atoms with E-state index in [-0.39, 0.29) is 18.4 Å². The van der Waals surface area contributed by atoms with E-state index < -0.39 is 6.10 Å². The summed E-state index contributed by atoms with van der Waals surface area (Å²) in [6.07, 6.45) is -0.740. The second kappa shape index (κ2) is 7.79. The number of rotatable bonds is 6. The van der Waals surface area contributed by atoms with E-state index in [1.54, 1.807) is 19.1 Å². The van der Waals surface area contributed by atoms with Gasteiger partial charge in [0.05, 0.1) is 25.7 Å². The molecule has 122 valence electrons. The van der Waals surface area contributed by atoms with Crippen LogP contribution >= 0.6 is 0 Å². The maximum absolute atomic E-state index is 12.5. The number of nitrogens with zero attached hydrogens (tertiary/aromatic N) is 1. The minimum absolute atomic E-state index is 0.0556. The molecule has 1 amide bonds. The second-order valence-corrected chi connectivity index (χ2v) is 5.55. The highest BCUT2D eigenvalue weighted by Gasteiger charge is 2.22. The summed E-state index contributed by atoms with van der Waals surface area (Å²) in [6.45, 7) is 1.95. The average molecular weight is 313 g/mol. The molecular weight excluding hydrogens is 290 g/mol. The van der Waals surface area contributed by atoms with Gasteiger partial charge in [0.1, 0.15) is 5.75 Å². The summed E-state index contributed by atoms with van der Waals surface area (Å²) in [6, 6.07) is 16.7. The van der Waals surface area contributed by atoms with Crippen molar-refractivity contribution in [3.05, 3.63) is 65.7 Å². The first-order chi connectivity index (χ1) is 11.0. The predicted octanol–water partition coefficient (Wildman–Crippen LogP) is 3.34. The molecule has 0 spiro atoms. The molecule has 0 heterocycles. The molecule has 4 heteroatoms. The van der Waals surface area contributed by atoms with Crippen LogP contribution in [0.2, 0.25) is 0 Å². The number of amides is 1. The number of aliphatic hydroxyl groups is 1. The van der Waals surface area contributed by atoms with E-state index >= 15 is 0 Å². The fourth-order valence-electron chi connectivity index (χ4n) is 2.54. The number of aliphatic hydroxyl groups excluding tert-OH is 1. The molecule has 2 rings (SSSR count). The molecule has 0 aromatic heterocycles. The molecule has 0 saturated carbocycles. The highest BCUT2D eigenvalue weighted by molar-refractivity contribution is 5.77. The van der Waals surface area contributed by atoms with Crippen molar-refractivity contribution in [2.75, 3.05) is 14.2 Å². The molecule has 2 atom stereocenters. The van der Waals surface area contributed by atoms with Crippen molar-refractivity contribution in [2.24, 2.45) is 0 Å². The number of para-hydroxylation sites is 1. The van der Waals surface area contributed by atoms with Gasteiger partial charge in [-0.25, -0.2) is 0 Å². The quantitative estimate of drug-likeness (QED) is 0.890. The zero-order chi connectivity index (χ0) is 16.8. The second-order valence-electron chi connectivity index (χ2n) is 5.55. The lowest BCUT2D eigenvalue weighted by Gasteiger charge is -2.27. The normalized spacial score (nSPS) is 13.2. The molecule has 23 heavy (non-hydrogen) atoms. The highest BCUT2D eigenvalue weighted by atomic mass is 16.5. The van der Waals surface area contributed by atoms with Crippen LogP contribution in [0, 0.1) is 0 Å². The zero-order valence-corrected chi connectivity index (χ0v) is 13.8. The molecule has 1 N–H and O–H groups in total. The van der Waals surface area contributed by atoms with Crippen LogP contribution in [-0.2, 0) is 4.79 Å². The predicted molar refractivity (Wildman–Crippen MR) is 90.2 cm³/mol. The van der Waals surface area contributed by atoms with E-state index in [9.17, 15) is 9.90 Å². The third kappa shape index (κ3) is 4.11. The van der Waals surface area contributed by atoms with Gasteiger partial charge < -0.3 is 14.7 Å². The van der Waals surface area contributed by atoms with E-state index in [4.69, 9.17) is 4.74 Å². The van der Waals surface area contributed by atoms with Crippen LogP contribution in [-0.4, -0.2) is 30.1 Å². The van der Waals surface area contributed by atoms with Crippen molar-refractivity contribution in [2.45, 2.75) is 25.5 Å². The van der Waals surface area contributed by atoms with Crippen molar-refractivity contribution >= 4 is 5.91 Å². The Bertz CT molecular complexity index is 642. The van der Waals surface area contributed by atoms with Crippen LogP contribution in [0.25, 0.3) is 0 Å². The van der Waals surface area contributed by atoms with Crippen LogP contribution in [0.1, 0.15) is 36.6 Å². The topological polar surface area (TPSA) is 49.8 Å². The first-order valence-electron chi connectivity index (χ1n) is 7.66. The Morgan fingerprint density at radius 1 is 1.13 bits per heavy atom. The summed E-state index contributed by atoms with van der Waals surface area (Å²) >= 11 is 0. The third-order valence-corrected chi connectivity index (χ3v) is 4.12. The van der Waals surface area contributed by atoms with Gasteiger partial charge in [-0.15, -0.1) is 0 Å². The van der Waals surface area contributed by atoms with Gasteiger partial charge >= 0.3 is 0 Å². The molecule has 0 aliphatic rings. The van der Waals surface area contributed by atoms with Crippen LogP contribution in [0.5, 0.6) is 5.75 Å². The number of ether oxygens (including phenoxy) is 1. The molecule has 0 aliphatic carbocycles. The first kappa shape index (κ1) is 17.0. The Morgan fingerprint density at radius 2 is 1.74 bits per heavy atom. The Morgan fingerprint density at radius 3 is 2.39 bits per heavy atom. The lowest BCUT2D eigenvalue weighted by Crippen LogP contribution is -2.31. The molecule has 0 bridgehead atoms. The molecule has 0 fully saturated rings. The number of methoxy groups -OCH3 is 1. The Labute approximate surface area is 137 Å². The molecule has 4 nitrogen and oxygen atoms in total. The van der Waals surface area contributed by atoms with Crippen LogP contribution in [0.4, 0.5) is 0 Å². The highest BCUT2D eigenvalue weighted by Crippen LogP contribution is 2.29. The average Bonchev–Trinajstić information content (AvgIpc) is 2.61. The Balaban J connectivity index is 2.07. The van der Waals surface area contributed by atoms with Gasteiger partial charge in [0, 0.05) is 12.6 Å². The summed E-state index contributed by atoms with van der Waals surface area (Å²) < 4.78 is 5.36. The largest absolute Gasteiger partial charge is 0.496 e. The zero-order valence-electron chi connectivity index (χ0n) is 13.8. The standard InChI is InChI=1S/C19H23NO3/c1-14(16-11-7-8-12-18(16)23-3)20(2)19(22)13-17(21)15-9-5-4-6-10-15/h4-12,14,17,21H,13H2,1-3H3. The summed E-state index contributed by atoms with van der Waals surface area (Å²) in [5, 5.41) is 10.2. The number of hydrogen-bond donors (Lipinski definition) is 1. The Kier molecular flexibility index (Phi) is 5.77. The van der Waals surface area contributed by atoms with Gasteiger partial charge in [-0.3, -0.25) is 4.79 Å². The van der Waals surface area contributed by atoms with E-state index in [0.717, 1.165) is 16.9 Å². The van der Waals surface area contributed by atoms with Crippen molar-refractivity contribution in [3.8, 4) is 5.75 Å². The van der Waals surface area contributed by atoms with Gasteiger partial charge in [-0.2, -0.15) is 0 Å². The molecule has 0 aliphatic heterocycles. The van der Waals surface area contributed by atoms with Crippen LogP contribution in [0.15, 0.2) is 54.6 Å². The number of benzene rings is 2. The maximum atomic E-state index is 12.5. The van der Waals surface area contributed by atoms with Crippen LogP contribution < -0.4 is 4.74 Å². The van der Waals surface area contributed by atoms with Crippen LogP contribution in [0.3, 0.4) is 0 Å². The van der Waals surface area contributed by atoms with E-state index in [1.807, 2.05) is 61.5 Å². The summed E-state index contributed by atoms with van der Waals surface area (Å²) in [4.78, 5) is 14.1. The first-order valence-corrected chi connectivity index (χ1v) is 7.66. The van der Waals surface area contributed by atoms with Crippen molar-refractivity contribution in [1.82, 2.24) is 4.90 Å². The van der Waals surface area contributed by atoms with E-state index in [1.165, 1.54) is 0 Å². The van der Waals surface area contributed by atoms with Crippen molar-refractivity contribution < 1.29 is 14.6 Å². The maximum Gasteiger partial charge on any atom is 0.225 e. The summed E-state index contributed by atoms with van der Waals surface area (Å²) in [5.41, 5.74) is 1.69. The molecule has 0 radical (unpaired) electrons. The molecule has 2 aromatic rings. The van der Waals surface area contributed by atoms with Gasteiger partial charge in [-0.1, -0.05) is 48.5 Å². The fourth-order valence-corrected chi connectivity index (χ4v) is 2.54. The minimum Gasteiger partial charge on any atom is -0.496 e. The van der Waals surface area contributed by atoms with Crippen molar-refractivity contribution in [1.29, 1.82) is 0 Å². The number of carbonyl (C=O) groups excluding carboxylic acids is 1. The minimum atomic E-state index is -0.795. The van der Waals surface area contributed by atoms with Gasteiger partial charge in [0.25, 0.3) is 0 Å². The monoisotopic (exact) mass is 313 g/mol. The van der Waals surface area contributed by atoms with E-state index in [2.05, 4.69) is 0 Å².